The fourth-order valence-corrected chi connectivity index (χ4v) is 2.68. The molecule has 2 amide bonds. The van der Waals surface area contributed by atoms with Crippen LogP contribution in [0, 0.1) is 6.92 Å². The molecule has 4 nitrogen and oxygen atoms in total. The Morgan fingerprint density at radius 1 is 0.778 bits per heavy atom. The minimum absolute atomic E-state index is 0.0854. The van der Waals surface area contributed by atoms with Crippen LogP contribution in [0.25, 0.3) is 0 Å². The van der Waals surface area contributed by atoms with Gasteiger partial charge in [0.05, 0.1) is 6.42 Å². The number of rotatable bonds is 6. The summed E-state index contributed by atoms with van der Waals surface area (Å²) in [5.74, 6) is -0.226. The molecule has 3 aromatic rings. The van der Waals surface area contributed by atoms with Gasteiger partial charge in [0.1, 0.15) is 0 Å². The summed E-state index contributed by atoms with van der Waals surface area (Å²) in [6, 6.07) is 24.5. The van der Waals surface area contributed by atoms with E-state index in [1.807, 2.05) is 61.5 Å². The van der Waals surface area contributed by atoms with Crippen LogP contribution in [-0.2, 0) is 17.8 Å². The minimum atomic E-state index is -0.141. The van der Waals surface area contributed by atoms with Crippen LogP contribution in [0.15, 0.2) is 78.9 Å². The predicted octanol–water partition coefficient (Wildman–Crippen LogP) is 4.11. The molecule has 0 fully saturated rings. The van der Waals surface area contributed by atoms with Gasteiger partial charge in [0, 0.05) is 17.8 Å². The monoisotopic (exact) mass is 358 g/mol. The second-order valence-corrected chi connectivity index (χ2v) is 6.46. The van der Waals surface area contributed by atoms with Gasteiger partial charge in [-0.1, -0.05) is 60.2 Å². The normalized spacial score (nSPS) is 10.3. The fourth-order valence-electron chi connectivity index (χ4n) is 2.68. The van der Waals surface area contributed by atoms with Crippen molar-refractivity contribution in [1.82, 2.24) is 5.32 Å². The molecule has 136 valence electrons. The topological polar surface area (TPSA) is 58.2 Å². The number of carbonyl (C=O) groups excluding carboxylic acids is 2. The van der Waals surface area contributed by atoms with E-state index >= 15 is 0 Å². The molecule has 27 heavy (non-hydrogen) atoms. The smallest absolute Gasteiger partial charge is 0.251 e. The molecule has 3 aromatic carbocycles. The van der Waals surface area contributed by atoms with Crippen LogP contribution >= 0.6 is 0 Å². The molecule has 0 bridgehead atoms. The average molecular weight is 358 g/mol. The summed E-state index contributed by atoms with van der Waals surface area (Å²) in [6.45, 7) is 2.51. The molecule has 0 aromatic heterocycles. The maximum atomic E-state index is 12.3. The summed E-state index contributed by atoms with van der Waals surface area (Å²) in [5, 5.41) is 5.75. The first kappa shape index (κ1) is 18.4. The predicted molar refractivity (Wildman–Crippen MR) is 108 cm³/mol. The first-order chi connectivity index (χ1) is 13.1. The van der Waals surface area contributed by atoms with Gasteiger partial charge in [-0.2, -0.15) is 0 Å². The molecule has 0 spiro atoms. The number of benzene rings is 3. The highest BCUT2D eigenvalue weighted by Gasteiger charge is 2.07. The van der Waals surface area contributed by atoms with E-state index in [1.54, 1.807) is 24.3 Å². The van der Waals surface area contributed by atoms with Crippen LogP contribution in [0.3, 0.4) is 0 Å². The van der Waals surface area contributed by atoms with Crippen LogP contribution in [0.4, 0.5) is 5.69 Å². The summed E-state index contributed by atoms with van der Waals surface area (Å²) in [7, 11) is 0. The SMILES string of the molecule is Cc1ccc(CNC(=O)c2ccc(NC(=O)Cc3ccccc3)cc2)cc1. The zero-order chi connectivity index (χ0) is 19.1. The van der Waals surface area contributed by atoms with Crippen molar-refractivity contribution in [2.24, 2.45) is 0 Å². The zero-order valence-electron chi connectivity index (χ0n) is 15.2. The van der Waals surface area contributed by atoms with E-state index in [2.05, 4.69) is 10.6 Å². The van der Waals surface area contributed by atoms with Crippen molar-refractivity contribution >= 4 is 17.5 Å². The summed E-state index contributed by atoms with van der Waals surface area (Å²) >= 11 is 0. The van der Waals surface area contributed by atoms with E-state index in [1.165, 1.54) is 5.56 Å². The van der Waals surface area contributed by atoms with Crippen LogP contribution < -0.4 is 10.6 Å². The van der Waals surface area contributed by atoms with E-state index in [0.717, 1.165) is 11.1 Å². The summed E-state index contributed by atoms with van der Waals surface area (Å²) in [6.07, 6.45) is 0.319. The van der Waals surface area contributed by atoms with Gasteiger partial charge in [0.15, 0.2) is 0 Å². The Labute approximate surface area is 159 Å². The molecule has 0 atom stereocenters. The van der Waals surface area contributed by atoms with Crippen molar-refractivity contribution in [1.29, 1.82) is 0 Å². The van der Waals surface area contributed by atoms with Crippen molar-refractivity contribution in [2.45, 2.75) is 19.9 Å². The lowest BCUT2D eigenvalue weighted by Crippen LogP contribution is -2.22. The highest BCUT2D eigenvalue weighted by atomic mass is 16.2. The zero-order valence-corrected chi connectivity index (χ0v) is 15.2. The number of amides is 2. The van der Waals surface area contributed by atoms with Gasteiger partial charge in [-0.15, -0.1) is 0 Å². The second-order valence-electron chi connectivity index (χ2n) is 6.46. The molecule has 0 unspecified atom stereocenters. The van der Waals surface area contributed by atoms with Gasteiger partial charge in [-0.05, 0) is 42.3 Å². The molecular formula is C23H22N2O2. The molecule has 2 N–H and O–H groups in total. The fraction of sp³-hybridized carbons (Fsp3) is 0.130. The van der Waals surface area contributed by atoms with Crippen molar-refractivity contribution in [3.8, 4) is 0 Å². The number of nitrogens with one attached hydrogen (secondary N) is 2. The third-order valence-electron chi connectivity index (χ3n) is 4.21. The molecule has 0 radical (unpaired) electrons. The number of hydrogen-bond donors (Lipinski definition) is 2. The molecule has 4 heteroatoms. The van der Waals surface area contributed by atoms with Gasteiger partial charge >= 0.3 is 0 Å². The minimum Gasteiger partial charge on any atom is -0.348 e. The summed E-state index contributed by atoms with van der Waals surface area (Å²) < 4.78 is 0. The Balaban J connectivity index is 1.52. The highest BCUT2D eigenvalue weighted by molar-refractivity contribution is 5.96. The van der Waals surface area contributed by atoms with E-state index < -0.39 is 0 Å². The van der Waals surface area contributed by atoms with Gasteiger partial charge < -0.3 is 10.6 Å². The van der Waals surface area contributed by atoms with Gasteiger partial charge in [-0.25, -0.2) is 0 Å². The van der Waals surface area contributed by atoms with Gasteiger partial charge in [-0.3, -0.25) is 9.59 Å². The Morgan fingerprint density at radius 3 is 2.11 bits per heavy atom. The molecule has 0 saturated carbocycles. The van der Waals surface area contributed by atoms with Crippen molar-refractivity contribution in [3.63, 3.8) is 0 Å². The Bertz CT molecular complexity index is 901. The maximum absolute atomic E-state index is 12.3. The molecular weight excluding hydrogens is 336 g/mol. The molecule has 0 aliphatic rings. The second kappa shape index (κ2) is 8.81. The molecule has 0 aliphatic carbocycles. The third kappa shape index (κ3) is 5.54. The molecule has 0 aliphatic heterocycles. The third-order valence-corrected chi connectivity index (χ3v) is 4.21. The van der Waals surface area contributed by atoms with Crippen molar-refractivity contribution < 1.29 is 9.59 Å². The summed E-state index contributed by atoms with van der Waals surface area (Å²) in [5.41, 5.74) is 4.44. The van der Waals surface area contributed by atoms with Gasteiger partial charge in [0.25, 0.3) is 5.91 Å². The first-order valence-corrected chi connectivity index (χ1v) is 8.88. The lowest BCUT2D eigenvalue weighted by atomic mass is 10.1. The average Bonchev–Trinajstić information content (AvgIpc) is 2.68. The van der Waals surface area contributed by atoms with Crippen molar-refractivity contribution in [2.75, 3.05) is 5.32 Å². The van der Waals surface area contributed by atoms with Crippen LogP contribution in [0.1, 0.15) is 27.0 Å². The number of anilines is 1. The number of carbonyl (C=O) groups is 2. The summed E-state index contributed by atoms with van der Waals surface area (Å²) in [4.78, 5) is 24.4. The van der Waals surface area contributed by atoms with E-state index in [-0.39, 0.29) is 11.8 Å². The highest BCUT2D eigenvalue weighted by Crippen LogP contribution is 2.11. The van der Waals surface area contributed by atoms with Crippen LogP contribution in [0.2, 0.25) is 0 Å². The largest absolute Gasteiger partial charge is 0.348 e. The standard InChI is InChI=1S/C23H22N2O2/c1-17-7-9-19(10-8-17)16-24-23(27)20-11-13-21(14-12-20)25-22(26)15-18-5-3-2-4-6-18/h2-14H,15-16H2,1H3,(H,24,27)(H,25,26). The lowest BCUT2D eigenvalue weighted by molar-refractivity contribution is -0.115. The number of aryl methyl sites for hydroxylation is 1. The van der Waals surface area contributed by atoms with E-state index in [9.17, 15) is 9.59 Å². The Morgan fingerprint density at radius 2 is 1.44 bits per heavy atom. The van der Waals surface area contributed by atoms with Crippen LogP contribution in [0.5, 0.6) is 0 Å². The lowest BCUT2D eigenvalue weighted by Gasteiger charge is -2.08. The number of hydrogen-bond acceptors (Lipinski definition) is 2. The Kier molecular flexibility index (Phi) is 6.00. The molecule has 3 rings (SSSR count). The first-order valence-electron chi connectivity index (χ1n) is 8.88. The van der Waals surface area contributed by atoms with Gasteiger partial charge in [0.2, 0.25) is 5.91 Å². The van der Waals surface area contributed by atoms with E-state index in [4.69, 9.17) is 0 Å². The molecule has 0 saturated heterocycles. The van der Waals surface area contributed by atoms with Crippen LogP contribution in [-0.4, -0.2) is 11.8 Å². The Hall–Kier alpha value is -3.40. The molecule has 0 heterocycles. The maximum Gasteiger partial charge on any atom is 0.251 e. The quantitative estimate of drug-likeness (QED) is 0.697. The van der Waals surface area contributed by atoms with E-state index in [0.29, 0.717) is 24.2 Å². The van der Waals surface area contributed by atoms with Crippen molar-refractivity contribution in [3.05, 3.63) is 101 Å².